The molecule has 3 aromatic rings. The van der Waals surface area contributed by atoms with Crippen LogP contribution in [0.1, 0.15) is 5.56 Å². The monoisotopic (exact) mass is 393 g/mol. The van der Waals surface area contributed by atoms with Crippen molar-refractivity contribution in [3.8, 4) is 5.75 Å². The Kier molecular flexibility index (Phi) is 6.77. The number of pyridine rings is 1. The standard InChI is InChI=1S/C20H23N7O2/c1-14-11-15(29-2)6-7-16(14)26-20(28)23-10-9-22-18-12-19(25-13-24-18)27-17-5-3-4-8-21-17/h3-8,11-13H,9-10H2,1-2H3,(H2,23,26,28)(H2,21,22,24,25,27). The van der Waals surface area contributed by atoms with Gasteiger partial charge in [0.1, 0.15) is 29.5 Å². The van der Waals surface area contributed by atoms with E-state index in [9.17, 15) is 4.79 Å². The Hall–Kier alpha value is -3.88. The highest BCUT2D eigenvalue weighted by molar-refractivity contribution is 5.90. The Morgan fingerprint density at radius 3 is 2.62 bits per heavy atom. The number of carbonyl (C=O) groups is 1. The number of ether oxygens (including phenoxy) is 1. The molecule has 9 heteroatoms. The Morgan fingerprint density at radius 2 is 1.86 bits per heavy atom. The van der Waals surface area contributed by atoms with Gasteiger partial charge in [-0.05, 0) is 42.8 Å². The van der Waals surface area contributed by atoms with Crippen molar-refractivity contribution in [2.75, 3.05) is 36.1 Å². The highest BCUT2D eigenvalue weighted by Crippen LogP contribution is 2.20. The quantitative estimate of drug-likeness (QED) is 0.435. The lowest BCUT2D eigenvalue weighted by atomic mass is 10.2. The second kappa shape index (κ2) is 9.88. The average Bonchev–Trinajstić information content (AvgIpc) is 2.74. The van der Waals surface area contributed by atoms with E-state index in [0.717, 1.165) is 17.0 Å². The van der Waals surface area contributed by atoms with Crippen LogP contribution in [-0.4, -0.2) is 41.2 Å². The van der Waals surface area contributed by atoms with Crippen LogP contribution in [0.25, 0.3) is 0 Å². The fourth-order valence-corrected chi connectivity index (χ4v) is 2.53. The number of aryl methyl sites for hydroxylation is 1. The largest absolute Gasteiger partial charge is 0.497 e. The van der Waals surface area contributed by atoms with Crippen molar-refractivity contribution >= 4 is 29.2 Å². The van der Waals surface area contributed by atoms with Crippen molar-refractivity contribution in [1.29, 1.82) is 0 Å². The number of benzene rings is 1. The van der Waals surface area contributed by atoms with Crippen LogP contribution in [0.2, 0.25) is 0 Å². The number of rotatable bonds is 8. The Bertz CT molecular complexity index is 951. The Labute approximate surface area is 169 Å². The van der Waals surface area contributed by atoms with Gasteiger partial charge in [0.2, 0.25) is 0 Å². The number of amides is 2. The first kappa shape index (κ1) is 19.9. The van der Waals surface area contributed by atoms with E-state index in [0.29, 0.717) is 30.5 Å². The van der Waals surface area contributed by atoms with Crippen molar-refractivity contribution in [2.24, 2.45) is 0 Å². The molecule has 0 unspecified atom stereocenters. The summed E-state index contributed by atoms with van der Waals surface area (Å²) in [7, 11) is 1.61. The fraction of sp³-hybridized carbons (Fsp3) is 0.200. The first-order chi connectivity index (χ1) is 14.1. The summed E-state index contributed by atoms with van der Waals surface area (Å²) < 4.78 is 5.16. The first-order valence-electron chi connectivity index (χ1n) is 9.07. The molecule has 150 valence electrons. The number of hydrogen-bond donors (Lipinski definition) is 4. The van der Waals surface area contributed by atoms with Gasteiger partial charge in [0, 0.05) is 31.0 Å². The SMILES string of the molecule is COc1ccc(NC(=O)NCCNc2cc(Nc3ccccn3)ncn2)c(C)c1. The van der Waals surface area contributed by atoms with Gasteiger partial charge < -0.3 is 26.0 Å². The van der Waals surface area contributed by atoms with Gasteiger partial charge >= 0.3 is 6.03 Å². The van der Waals surface area contributed by atoms with Crippen LogP contribution in [0, 0.1) is 6.92 Å². The van der Waals surface area contributed by atoms with Gasteiger partial charge in [0.25, 0.3) is 0 Å². The molecule has 2 amide bonds. The maximum atomic E-state index is 12.1. The minimum Gasteiger partial charge on any atom is -0.497 e. The zero-order chi connectivity index (χ0) is 20.5. The number of carbonyl (C=O) groups excluding carboxylic acids is 1. The third-order valence-electron chi connectivity index (χ3n) is 3.99. The van der Waals surface area contributed by atoms with Crippen molar-refractivity contribution in [1.82, 2.24) is 20.3 Å². The number of anilines is 4. The second-order valence-electron chi connectivity index (χ2n) is 6.12. The third kappa shape index (κ3) is 6.06. The van der Waals surface area contributed by atoms with Crippen LogP contribution in [0.4, 0.5) is 27.9 Å². The Balaban J connectivity index is 1.43. The molecule has 0 aliphatic heterocycles. The van der Waals surface area contributed by atoms with Crippen LogP contribution in [0.15, 0.2) is 55.0 Å². The van der Waals surface area contributed by atoms with E-state index in [4.69, 9.17) is 4.74 Å². The molecule has 0 fully saturated rings. The summed E-state index contributed by atoms with van der Waals surface area (Å²) in [4.78, 5) is 24.6. The number of urea groups is 1. The van der Waals surface area contributed by atoms with Gasteiger partial charge in [-0.1, -0.05) is 6.07 Å². The zero-order valence-electron chi connectivity index (χ0n) is 16.3. The molecule has 0 aliphatic carbocycles. The van der Waals surface area contributed by atoms with E-state index in [1.165, 1.54) is 6.33 Å². The summed E-state index contributed by atoms with van der Waals surface area (Å²) in [6, 6.07) is 12.6. The molecule has 4 N–H and O–H groups in total. The molecule has 2 aromatic heterocycles. The van der Waals surface area contributed by atoms with Gasteiger partial charge in [0.05, 0.1) is 7.11 Å². The summed E-state index contributed by atoms with van der Waals surface area (Å²) in [5.74, 6) is 2.72. The predicted molar refractivity (Wildman–Crippen MR) is 113 cm³/mol. The lowest BCUT2D eigenvalue weighted by Gasteiger charge is -2.12. The van der Waals surface area contributed by atoms with Crippen molar-refractivity contribution in [3.05, 3.63) is 60.6 Å². The second-order valence-corrected chi connectivity index (χ2v) is 6.12. The molecule has 0 radical (unpaired) electrons. The summed E-state index contributed by atoms with van der Waals surface area (Å²) >= 11 is 0. The minimum absolute atomic E-state index is 0.278. The van der Waals surface area contributed by atoms with Crippen molar-refractivity contribution < 1.29 is 9.53 Å². The molecule has 3 rings (SSSR count). The number of hydrogen-bond acceptors (Lipinski definition) is 7. The van der Waals surface area contributed by atoms with E-state index in [1.807, 2.05) is 37.3 Å². The summed E-state index contributed by atoms with van der Waals surface area (Å²) in [6.45, 7) is 2.84. The molecule has 0 saturated heterocycles. The van der Waals surface area contributed by atoms with E-state index >= 15 is 0 Å². The predicted octanol–water partition coefficient (Wildman–Crippen LogP) is 3.17. The number of aromatic nitrogens is 3. The summed E-state index contributed by atoms with van der Waals surface area (Å²) in [6.07, 6.45) is 3.16. The normalized spacial score (nSPS) is 10.1. The summed E-state index contributed by atoms with van der Waals surface area (Å²) in [5.41, 5.74) is 1.66. The van der Waals surface area contributed by atoms with E-state index in [1.54, 1.807) is 25.4 Å². The summed E-state index contributed by atoms with van der Waals surface area (Å²) in [5, 5.41) is 11.9. The topological polar surface area (TPSA) is 113 Å². The van der Waals surface area contributed by atoms with Gasteiger partial charge in [-0.15, -0.1) is 0 Å². The van der Waals surface area contributed by atoms with E-state index < -0.39 is 0 Å². The lowest BCUT2D eigenvalue weighted by molar-refractivity contribution is 0.252. The molecule has 1 aromatic carbocycles. The lowest BCUT2D eigenvalue weighted by Crippen LogP contribution is -2.32. The highest BCUT2D eigenvalue weighted by atomic mass is 16.5. The average molecular weight is 393 g/mol. The molecule has 0 atom stereocenters. The number of nitrogens with one attached hydrogen (secondary N) is 4. The molecule has 29 heavy (non-hydrogen) atoms. The van der Waals surface area contributed by atoms with Gasteiger partial charge in [-0.2, -0.15) is 0 Å². The van der Waals surface area contributed by atoms with Gasteiger partial charge in [-0.25, -0.2) is 19.7 Å². The smallest absolute Gasteiger partial charge is 0.319 e. The van der Waals surface area contributed by atoms with Crippen molar-refractivity contribution in [3.63, 3.8) is 0 Å². The Morgan fingerprint density at radius 1 is 1.00 bits per heavy atom. The molecule has 2 heterocycles. The maximum Gasteiger partial charge on any atom is 0.319 e. The zero-order valence-corrected chi connectivity index (χ0v) is 16.3. The van der Waals surface area contributed by atoms with E-state index in [-0.39, 0.29) is 6.03 Å². The fourth-order valence-electron chi connectivity index (χ4n) is 2.53. The first-order valence-corrected chi connectivity index (χ1v) is 9.07. The van der Waals surface area contributed by atoms with Gasteiger partial charge in [0.15, 0.2) is 0 Å². The maximum absolute atomic E-state index is 12.1. The molecule has 0 bridgehead atoms. The highest BCUT2D eigenvalue weighted by Gasteiger charge is 2.05. The van der Waals surface area contributed by atoms with Crippen molar-refractivity contribution in [2.45, 2.75) is 6.92 Å². The number of nitrogens with zero attached hydrogens (tertiary/aromatic N) is 3. The van der Waals surface area contributed by atoms with Gasteiger partial charge in [-0.3, -0.25) is 0 Å². The van der Waals surface area contributed by atoms with Crippen LogP contribution in [0.3, 0.4) is 0 Å². The molecule has 0 spiro atoms. The molecule has 9 nitrogen and oxygen atoms in total. The van der Waals surface area contributed by atoms with Crippen LogP contribution < -0.4 is 26.0 Å². The van der Waals surface area contributed by atoms with Crippen LogP contribution >= 0.6 is 0 Å². The molecule has 0 saturated carbocycles. The molecular formula is C20H23N7O2. The van der Waals surface area contributed by atoms with Crippen LogP contribution in [-0.2, 0) is 0 Å². The number of methoxy groups -OCH3 is 1. The minimum atomic E-state index is -0.278. The van der Waals surface area contributed by atoms with Crippen LogP contribution in [0.5, 0.6) is 5.75 Å². The van der Waals surface area contributed by atoms with E-state index in [2.05, 4.69) is 36.2 Å². The molecule has 0 aliphatic rings. The third-order valence-corrected chi connectivity index (χ3v) is 3.99. The molecular weight excluding hydrogens is 370 g/mol.